The molecule has 1 heterocycles. The van der Waals surface area contributed by atoms with Crippen LogP contribution in [0.3, 0.4) is 0 Å². The number of quaternary nitrogens is 1. The summed E-state index contributed by atoms with van der Waals surface area (Å²) in [5.41, 5.74) is 0.757. The van der Waals surface area contributed by atoms with E-state index < -0.39 is 0 Å². The summed E-state index contributed by atoms with van der Waals surface area (Å²) in [7, 11) is 4.50. The summed E-state index contributed by atoms with van der Waals surface area (Å²) in [4.78, 5) is 13.0. The summed E-state index contributed by atoms with van der Waals surface area (Å²) in [6, 6.07) is 10.3. The molecule has 0 bridgehead atoms. The largest absolute Gasteiger partial charge is 0.461 e. The molecule has 0 amide bonds. The number of esters is 1. The molecule has 1 aromatic carbocycles. The molecule has 0 unspecified atom stereocenters. The molecule has 0 spiro atoms. The molecule has 0 atom stereocenters. The molecular formula is C19H28NO2+. The summed E-state index contributed by atoms with van der Waals surface area (Å²) in [5.74, 6) is 0.0217. The van der Waals surface area contributed by atoms with E-state index in [1.165, 1.54) is 0 Å². The predicted octanol–water partition coefficient (Wildman–Crippen LogP) is 3.28. The number of rotatable bonds is 3. The van der Waals surface area contributed by atoms with Crippen LogP contribution in [0, 0.1) is 0 Å². The topological polar surface area (TPSA) is 26.3 Å². The highest BCUT2D eigenvalue weighted by Crippen LogP contribution is 2.42. The van der Waals surface area contributed by atoms with E-state index >= 15 is 0 Å². The van der Waals surface area contributed by atoms with Gasteiger partial charge >= 0.3 is 5.97 Å². The van der Waals surface area contributed by atoms with Gasteiger partial charge in [-0.2, -0.15) is 0 Å². The SMILES string of the molecule is C[N+]1(C)CCC(OC(=O)C2(c3ccccc3)CCCC2)CC1. The van der Waals surface area contributed by atoms with Crippen LogP contribution in [0.4, 0.5) is 0 Å². The van der Waals surface area contributed by atoms with E-state index in [9.17, 15) is 4.79 Å². The number of piperidine rings is 1. The van der Waals surface area contributed by atoms with E-state index in [0.717, 1.165) is 61.7 Å². The van der Waals surface area contributed by atoms with Crippen LogP contribution in [0.2, 0.25) is 0 Å². The maximum atomic E-state index is 13.0. The van der Waals surface area contributed by atoms with Gasteiger partial charge in [0.05, 0.1) is 32.6 Å². The van der Waals surface area contributed by atoms with Crippen LogP contribution >= 0.6 is 0 Å². The number of carbonyl (C=O) groups is 1. The summed E-state index contributed by atoms with van der Waals surface area (Å²) in [6.07, 6.45) is 6.21. The van der Waals surface area contributed by atoms with Gasteiger partial charge in [-0.1, -0.05) is 43.2 Å². The first kappa shape index (κ1) is 15.5. The van der Waals surface area contributed by atoms with Gasteiger partial charge in [0, 0.05) is 12.8 Å². The number of benzene rings is 1. The summed E-state index contributed by atoms with van der Waals surface area (Å²) < 4.78 is 7.02. The lowest BCUT2D eigenvalue weighted by Crippen LogP contribution is -2.49. The molecule has 22 heavy (non-hydrogen) atoms. The molecule has 3 heteroatoms. The highest BCUT2D eigenvalue weighted by molar-refractivity contribution is 5.83. The second-order valence-corrected chi connectivity index (χ2v) is 7.64. The summed E-state index contributed by atoms with van der Waals surface area (Å²) in [6.45, 7) is 2.19. The lowest BCUT2D eigenvalue weighted by molar-refractivity contribution is -0.896. The zero-order valence-electron chi connectivity index (χ0n) is 13.9. The minimum Gasteiger partial charge on any atom is -0.461 e. The Morgan fingerprint density at radius 2 is 1.68 bits per heavy atom. The van der Waals surface area contributed by atoms with Crippen molar-refractivity contribution in [3.63, 3.8) is 0 Å². The van der Waals surface area contributed by atoms with Crippen molar-refractivity contribution in [3.05, 3.63) is 35.9 Å². The van der Waals surface area contributed by atoms with Crippen molar-refractivity contribution in [2.45, 2.75) is 50.0 Å². The molecule has 2 fully saturated rings. The average molecular weight is 302 g/mol. The quantitative estimate of drug-likeness (QED) is 0.633. The Balaban J connectivity index is 1.72. The van der Waals surface area contributed by atoms with Gasteiger partial charge in [-0.25, -0.2) is 0 Å². The van der Waals surface area contributed by atoms with Crippen LogP contribution in [0.15, 0.2) is 30.3 Å². The maximum Gasteiger partial charge on any atom is 0.316 e. The highest BCUT2D eigenvalue weighted by atomic mass is 16.5. The third-order valence-electron chi connectivity index (χ3n) is 5.56. The number of hydrogen-bond donors (Lipinski definition) is 0. The van der Waals surface area contributed by atoms with Crippen molar-refractivity contribution in [2.24, 2.45) is 0 Å². The average Bonchev–Trinajstić information content (AvgIpc) is 3.01. The van der Waals surface area contributed by atoms with E-state index in [1.807, 2.05) is 18.2 Å². The third kappa shape index (κ3) is 3.05. The third-order valence-corrected chi connectivity index (χ3v) is 5.56. The van der Waals surface area contributed by atoms with Gasteiger partial charge < -0.3 is 9.22 Å². The first-order chi connectivity index (χ1) is 10.5. The van der Waals surface area contributed by atoms with Crippen LogP contribution in [-0.4, -0.2) is 43.7 Å². The van der Waals surface area contributed by atoms with Crippen LogP contribution < -0.4 is 0 Å². The number of carbonyl (C=O) groups excluding carboxylic acids is 1. The van der Waals surface area contributed by atoms with Gasteiger partial charge in [0.15, 0.2) is 0 Å². The fourth-order valence-electron chi connectivity index (χ4n) is 3.97. The number of ether oxygens (including phenoxy) is 1. The molecule has 1 aliphatic heterocycles. The minimum atomic E-state index is -0.386. The number of nitrogens with zero attached hydrogens (tertiary/aromatic N) is 1. The Morgan fingerprint density at radius 3 is 2.27 bits per heavy atom. The number of hydrogen-bond acceptors (Lipinski definition) is 2. The van der Waals surface area contributed by atoms with Crippen molar-refractivity contribution in [2.75, 3.05) is 27.2 Å². The standard InChI is InChI=1S/C19H28NO2/c1-20(2)14-10-17(11-15-20)22-18(21)19(12-6-7-13-19)16-8-4-3-5-9-16/h3-5,8-9,17H,6-7,10-15H2,1-2H3/q+1. The Labute approximate surface area is 133 Å². The van der Waals surface area contributed by atoms with Crippen LogP contribution in [0.5, 0.6) is 0 Å². The van der Waals surface area contributed by atoms with Gasteiger partial charge in [-0.3, -0.25) is 4.79 Å². The predicted molar refractivity (Wildman–Crippen MR) is 87.5 cm³/mol. The first-order valence-electron chi connectivity index (χ1n) is 8.61. The molecule has 3 rings (SSSR count). The molecular weight excluding hydrogens is 274 g/mol. The molecule has 1 saturated heterocycles. The Morgan fingerprint density at radius 1 is 1.09 bits per heavy atom. The van der Waals surface area contributed by atoms with Crippen molar-refractivity contribution < 1.29 is 14.0 Å². The molecule has 120 valence electrons. The minimum absolute atomic E-state index is 0.0217. The van der Waals surface area contributed by atoms with Gasteiger partial charge in [-0.05, 0) is 18.4 Å². The van der Waals surface area contributed by atoms with Crippen LogP contribution in [0.25, 0.3) is 0 Å². The van der Waals surface area contributed by atoms with Crippen molar-refractivity contribution >= 4 is 5.97 Å². The smallest absolute Gasteiger partial charge is 0.316 e. The zero-order valence-corrected chi connectivity index (χ0v) is 13.9. The zero-order chi connectivity index (χ0) is 15.6. The summed E-state index contributed by atoms with van der Waals surface area (Å²) in [5, 5.41) is 0. The Kier molecular flexibility index (Phi) is 4.26. The highest BCUT2D eigenvalue weighted by Gasteiger charge is 2.45. The maximum absolute atomic E-state index is 13.0. The fourth-order valence-corrected chi connectivity index (χ4v) is 3.97. The first-order valence-corrected chi connectivity index (χ1v) is 8.61. The second kappa shape index (κ2) is 6.04. The lowest BCUT2D eigenvalue weighted by atomic mass is 9.79. The van der Waals surface area contributed by atoms with E-state index in [2.05, 4.69) is 26.2 Å². The van der Waals surface area contributed by atoms with Gasteiger partial charge in [0.2, 0.25) is 0 Å². The molecule has 2 aliphatic rings. The van der Waals surface area contributed by atoms with Gasteiger partial charge in [0.1, 0.15) is 6.10 Å². The van der Waals surface area contributed by atoms with E-state index in [-0.39, 0.29) is 17.5 Å². The molecule has 0 N–H and O–H groups in total. The van der Waals surface area contributed by atoms with Crippen molar-refractivity contribution in [1.29, 1.82) is 0 Å². The van der Waals surface area contributed by atoms with Gasteiger partial charge in [-0.15, -0.1) is 0 Å². The Hall–Kier alpha value is -1.35. The van der Waals surface area contributed by atoms with Crippen molar-refractivity contribution in [3.8, 4) is 0 Å². The molecule has 1 aromatic rings. The molecule has 3 nitrogen and oxygen atoms in total. The monoisotopic (exact) mass is 302 g/mol. The molecule has 1 aliphatic carbocycles. The Bertz CT molecular complexity index is 507. The number of likely N-dealkylation sites (tertiary alicyclic amines) is 1. The van der Waals surface area contributed by atoms with E-state index in [0.29, 0.717) is 0 Å². The molecule has 0 aromatic heterocycles. The molecule has 0 radical (unpaired) electrons. The van der Waals surface area contributed by atoms with E-state index in [4.69, 9.17) is 4.74 Å². The van der Waals surface area contributed by atoms with Crippen LogP contribution in [-0.2, 0) is 14.9 Å². The van der Waals surface area contributed by atoms with Gasteiger partial charge in [0.25, 0.3) is 0 Å². The fraction of sp³-hybridized carbons (Fsp3) is 0.632. The lowest BCUT2D eigenvalue weighted by Gasteiger charge is -2.38. The normalized spacial score (nSPS) is 24.1. The van der Waals surface area contributed by atoms with E-state index in [1.54, 1.807) is 0 Å². The summed E-state index contributed by atoms with van der Waals surface area (Å²) >= 11 is 0. The van der Waals surface area contributed by atoms with Crippen molar-refractivity contribution in [1.82, 2.24) is 0 Å². The molecule has 1 saturated carbocycles. The van der Waals surface area contributed by atoms with Crippen LogP contribution in [0.1, 0.15) is 44.1 Å². The second-order valence-electron chi connectivity index (χ2n) is 7.64.